The molecule has 0 bridgehead atoms. The van der Waals surface area contributed by atoms with Crippen molar-refractivity contribution in [2.45, 2.75) is 90.1 Å². The molecule has 0 fully saturated rings. The highest BCUT2D eigenvalue weighted by atomic mass is 28.4. The molecule has 0 saturated heterocycles. The van der Waals surface area contributed by atoms with E-state index >= 15 is 0 Å². The number of benzene rings is 4. The Hall–Kier alpha value is -3.61. The van der Waals surface area contributed by atoms with Crippen LogP contribution in [0.2, 0.25) is 12.1 Å². The maximum atomic E-state index is 8.25. The summed E-state index contributed by atoms with van der Waals surface area (Å²) in [6.07, 6.45) is 15.0. The lowest BCUT2D eigenvalue weighted by atomic mass is 9.87. The number of rotatable bonds is 12. The first-order chi connectivity index (χ1) is 21.5. The third-order valence-corrected chi connectivity index (χ3v) is 18.9. The highest BCUT2D eigenvalue weighted by Gasteiger charge is 2.50. The van der Waals surface area contributed by atoms with Crippen molar-refractivity contribution in [2.75, 3.05) is 0 Å². The van der Waals surface area contributed by atoms with Gasteiger partial charge in [-0.1, -0.05) is 151 Å². The van der Waals surface area contributed by atoms with Crippen molar-refractivity contribution in [3.05, 3.63) is 120 Å². The fourth-order valence-electron chi connectivity index (χ4n) is 6.32. The zero-order chi connectivity index (χ0) is 32.6. The van der Waals surface area contributed by atoms with Gasteiger partial charge in [0.1, 0.15) is 0 Å². The lowest BCUT2D eigenvalue weighted by molar-refractivity contribution is 0.558. The molecule has 0 saturated carbocycles. The van der Waals surface area contributed by atoms with Gasteiger partial charge in [-0.2, -0.15) is 0 Å². The van der Waals surface area contributed by atoms with Gasteiger partial charge in [-0.25, -0.2) is 0 Å². The van der Waals surface area contributed by atoms with Crippen molar-refractivity contribution in [1.82, 2.24) is 0 Å². The maximum Gasteiger partial charge on any atom is 0.245 e. The minimum Gasteiger partial charge on any atom is -0.442 e. The van der Waals surface area contributed by atoms with E-state index in [9.17, 15) is 0 Å². The van der Waals surface area contributed by atoms with Crippen LogP contribution >= 0.6 is 0 Å². The average Bonchev–Trinajstić information content (AvgIpc) is 3.04. The maximum absolute atomic E-state index is 8.25. The van der Waals surface area contributed by atoms with Crippen molar-refractivity contribution < 1.29 is 4.12 Å². The fourth-order valence-corrected chi connectivity index (χ4v) is 17.4. The van der Waals surface area contributed by atoms with Gasteiger partial charge in [0.15, 0.2) is 0 Å². The lowest BCUT2D eigenvalue weighted by Crippen LogP contribution is -2.72. The van der Waals surface area contributed by atoms with Gasteiger partial charge in [-0.15, -0.1) is 24.7 Å². The van der Waals surface area contributed by atoms with Crippen molar-refractivity contribution >= 4 is 37.4 Å². The Morgan fingerprint density at radius 2 is 0.800 bits per heavy atom. The topological polar surface area (TPSA) is 9.23 Å². The van der Waals surface area contributed by atoms with E-state index in [-0.39, 0.29) is 10.8 Å². The van der Waals surface area contributed by atoms with E-state index in [0.29, 0.717) is 0 Å². The summed E-state index contributed by atoms with van der Waals surface area (Å²) in [5.74, 6) is 5.83. The van der Waals surface area contributed by atoms with E-state index in [4.69, 9.17) is 17.0 Å². The van der Waals surface area contributed by atoms with Crippen LogP contribution in [0.1, 0.15) is 78.4 Å². The highest BCUT2D eigenvalue weighted by Crippen LogP contribution is 2.29. The summed E-state index contributed by atoms with van der Waals surface area (Å²) >= 11 is 0. The fraction of sp³-hybridized carbons (Fsp3) is 0.333. The predicted molar refractivity (Wildman–Crippen MR) is 200 cm³/mol. The van der Waals surface area contributed by atoms with E-state index in [1.54, 1.807) is 0 Å². The molecule has 0 spiro atoms. The number of hydrogen-bond acceptors (Lipinski definition) is 1. The Bertz CT molecular complexity index is 1460. The molecule has 3 heteroatoms. The van der Waals surface area contributed by atoms with Crippen molar-refractivity contribution in [2.24, 2.45) is 0 Å². The zero-order valence-electron chi connectivity index (χ0n) is 28.2. The van der Waals surface area contributed by atoms with Crippen LogP contribution in [0.3, 0.4) is 0 Å². The standard InChI is InChI=1S/C42H50OSi2/c1-9-11-19-33-44(37-21-15-13-16-22-37,39-29-25-35(26-30-39)41(3,4)5)43-45(34-20-12-10-2,38-23-17-14-18-24-38)40-31-27-36(28-32-40)42(6,7)8/h1-2,13-18,21-32H,11-12,19-20,33-34H2,3-8H3. The SMILES string of the molecule is C#CCCC[Si](O[Si](CCCC#C)(c1ccccc1)c1ccc(C(C)(C)C)cc1)(c1ccccc1)c1ccc(C(C)(C)C)cc1. The Morgan fingerprint density at radius 3 is 1.09 bits per heavy atom. The molecule has 4 aromatic rings. The van der Waals surface area contributed by atoms with Gasteiger partial charge >= 0.3 is 0 Å². The molecule has 2 unspecified atom stereocenters. The molecule has 0 heterocycles. The van der Waals surface area contributed by atoms with Crippen molar-refractivity contribution in [3.63, 3.8) is 0 Å². The molecule has 4 aromatic carbocycles. The minimum atomic E-state index is -2.86. The van der Waals surface area contributed by atoms with Crippen LogP contribution in [0.15, 0.2) is 109 Å². The number of unbranched alkanes of at least 4 members (excludes halogenated alkanes) is 2. The van der Waals surface area contributed by atoms with Gasteiger partial charge in [0.05, 0.1) is 0 Å². The summed E-state index contributed by atoms with van der Waals surface area (Å²) in [7, 11) is -5.73. The van der Waals surface area contributed by atoms with Gasteiger partial charge < -0.3 is 4.12 Å². The van der Waals surface area contributed by atoms with Gasteiger partial charge in [0.25, 0.3) is 0 Å². The molecule has 45 heavy (non-hydrogen) atoms. The van der Waals surface area contributed by atoms with Crippen LogP contribution in [-0.2, 0) is 14.9 Å². The first-order valence-electron chi connectivity index (χ1n) is 16.4. The third-order valence-electron chi connectivity index (χ3n) is 8.96. The quantitative estimate of drug-likeness (QED) is 0.0881. The predicted octanol–water partition coefficient (Wildman–Crippen LogP) is 7.94. The van der Waals surface area contributed by atoms with E-state index in [1.807, 2.05) is 0 Å². The molecular weight excluding hydrogens is 577 g/mol. The summed E-state index contributed by atoms with van der Waals surface area (Å²) in [6, 6.07) is 42.5. The summed E-state index contributed by atoms with van der Waals surface area (Å²) in [4.78, 5) is 0. The van der Waals surface area contributed by atoms with E-state index in [2.05, 4.69) is 163 Å². The van der Waals surface area contributed by atoms with Crippen LogP contribution in [0.25, 0.3) is 0 Å². The smallest absolute Gasteiger partial charge is 0.245 e. The summed E-state index contributed by atoms with van der Waals surface area (Å²) < 4.78 is 8.25. The normalized spacial score (nSPS) is 14.5. The summed E-state index contributed by atoms with van der Waals surface area (Å²) in [6.45, 7) is 13.6. The second kappa shape index (κ2) is 14.7. The molecule has 0 amide bonds. The van der Waals surface area contributed by atoms with Crippen LogP contribution in [0.5, 0.6) is 0 Å². The molecule has 4 rings (SSSR count). The zero-order valence-corrected chi connectivity index (χ0v) is 30.2. The van der Waals surface area contributed by atoms with Gasteiger partial charge in [0.2, 0.25) is 16.6 Å². The molecule has 0 aliphatic heterocycles. The van der Waals surface area contributed by atoms with Crippen LogP contribution in [-0.4, -0.2) is 16.6 Å². The van der Waals surface area contributed by atoms with E-state index in [0.717, 1.165) is 37.8 Å². The lowest BCUT2D eigenvalue weighted by Gasteiger charge is -2.44. The molecule has 0 aromatic heterocycles. The largest absolute Gasteiger partial charge is 0.442 e. The Labute approximate surface area is 275 Å². The van der Waals surface area contributed by atoms with Gasteiger partial charge in [0, 0.05) is 12.8 Å². The average molecular weight is 627 g/mol. The molecule has 0 radical (unpaired) electrons. The van der Waals surface area contributed by atoms with Gasteiger partial charge in [-0.05, 0) is 67.6 Å². The molecular formula is C42H50OSi2. The first-order valence-corrected chi connectivity index (χ1v) is 20.6. The summed E-state index contributed by atoms with van der Waals surface area (Å²) in [5, 5.41) is 5.19. The second-order valence-electron chi connectivity index (χ2n) is 14.3. The molecule has 1 nitrogen and oxygen atoms in total. The summed E-state index contributed by atoms with van der Waals surface area (Å²) in [5.41, 5.74) is 2.77. The first kappa shape index (κ1) is 34.3. The molecule has 232 valence electrons. The molecule has 0 aliphatic rings. The Morgan fingerprint density at radius 1 is 0.489 bits per heavy atom. The Balaban J connectivity index is 2.05. The van der Waals surface area contributed by atoms with Crippen LogP contribution in [0, 0.1) is 24.7 Å². The molecule has 0 aliphatic carbocycles. The van der Waals surface area contributed by atoms with E-state index < -0.39 is 16.6 Å². The van der Waals surface area contributed by atoms with Gasteiger partial charge in [-0.3, -0.25) is 0 Å². The Kier molecular flexibility index (Phi) is 11.2. The molecule has 2 atom stereocenters. The monoisotopic (exact) mass is 626 g/mol. The van der Waals surface area contributed by atoms with Crippen LogP contribution in [0.4, 0.5) is 0 Å². The molecule has 0 N–H and O–H groups in total. The number of terminal acetylenes is 2. The highest BCUT2D eigenvalue weighted by molar-refractivity contribution is 7.09. The van der Waals surface area contributed by atoms with E-state index in [1.165, 1.54) is 31.9 Å². The minimum absolute atomic E-state index is 0.0619. The number of hydrogen-bond donors (Lipinski definition) is 0. The third kappa shape index (κ3) is 7.98. The van der Waals surface area contributed by atoms with Crippen molar-refractivity contribution in [1.29, 1.82) is 0 Å². The van der Waals surface area contributed by atoms with Crippen molar-refractivity contribution in [3.8, 4) is 24.7 Å². The second-order valence-corrected chi connectivity index (χ2v) is 21.7. The van der Waals surface area contributed by atoms with Crippen LogP contribution < -0.4 is 20.7 Å².